The Morgan fingerprint density at radius 1 is 0.852 bits per heavy atom. The lowest BCUT2D eigenvalue weighted by atomic mass is 10.2. The molecule has 3 aromatic rings. The van der Waals surface area contributed by atoms with Crippen molar-refractivity contribution in [3.05, 3.63) is 72.0 Å². The molecule has 0 aliphatic heterocycles. The van der Waals surface area contributed by atoms with E-state index in [9.17, 15) is 5.11 Å². The molecule has 2 N–H and O–H groups in total. The monoisotopic (exact) mass is 591 g/mol. The van der Waals surface area contributed by atoms with Crippen molar-refractivity contribution >= 4 is 93.7 Å². The predicted molar refractivity (Wildman–Crippen MR) is 122 cm³/mol. The molecule has 0 aliphatic carbocycles. The van der Waals surface area contributed by atoms with Gasteiger partial charge in [0, 0.05) is 30.2 Å². The van der Waals surface area contributed by atoms with E-state index in [1.54, 1.807) is 30.3 Å². The molecular weight excluding hydrogens is 585 g/mol. The summed E-state index contributed by atoms with van der Waals surface area (Å²) in [5, 5.41) is 22.8. The van der Waals surface area contributed by atoms with Gasteiger partial charge in [0.1, 0.15) is 17.1 Å². The van der Waals surface area contributed by atoms with Gasteiger partial charge in [-0.15, -0.1) is 10.2 Å². The van der Waals surface area contributed by atoms with Gasteiger partial charge in [0.15, 0.2) is 0 Å². The number of aromatic hydroxyl groups is 1. The number of nitrogens with one attached hydrogen (secondary N) is 1. The number of phenolic OH excluding ortho intramolecular Hbond substituents is 1. The summed E-state index contributed by atoms with van der Waals surface area (Å²) in [6.45, 7) is 0. The van der Waals surface area contributed by atoms with Crippen molar-refractivity contribution in [2.75, 3.05) is 5.32 Å². The third kappa shape index (κ3) is 5.23. The molecule has 0 amide bonds. The number of anilines is 2. The van der Waals surface area contributed by atoms with E-state index in [1.165, 1.54) is 6.07 Å². The quantitative estimate of drug-likeness (QED) is 0.296. The van der Waals surface area contributed by atoms with Crippen LogP contribution in [0.3, 0.4) is 0 Å². The Hall–Kier alpha value is -1.12. The molecule has 0 saturated carbocycles. The average Bonchev–Trinajstić information content (AvgIpc) is 2.59. The van der Waals surface area contributed by atoms with Gasteiger partial charge in [0.05, 0.1) is 10.7 Å². The molecule has 0 bridgehead atoms. The molecule has 0 unspecified atom stereocenters. The van der Waals surface area contributed by atoms with E-state index in [0.717, 1.165) is 13.4 Å². The lowest BCUT2D eigenvalue weighted by Crippen LogP contribution is -1.91. The Kier molecular flexibility index (Phi) is 6.81. The molecule has 4 nitrogen and oxygen atoms in total. The number of benzene rings is 3. The fourth-order valence-electron chi connectivity index (χ4n) is 2.17. The number of hydrogen-bond donors (Lipinski definition) is 2. The summed E-state index contributed by atoms with van der Waals surface area (Å²) >= 11 is 22.4. The second-order valence-corrected chi connectivity index (χ2v) is 8.84. The first-order chi connectivity index (χ1) is 12.8. The smallest absolute Gasteiger partial charge is 0.145 e. The first-order valence-electron chi connectivity index (χ1n) is 7.45. The van der Waals surface area contributed by atoms with Gasteiger partial charge in [-0.2, -0.15) is 0 Å². The van der Waals surface area contributed by atoms with E-state index < -0.39 is 0 Å². The maximum absolute atomic E-state index is 10.3. The molecule has 138 valence electrons. The second kappa shape index (κ2) is 8.92. The van der Waals surface area contributed by atoms with E-state index in [0.29, 0.717) is 32.8 Å². The van der Waals surface area contributed by atoms with E-state index in [1.807, 2.05) is 12.1 Å². The molecule has 0 saturated heterocycles. The van der Waals surface area contributed by atoms with Crippen LogP contribution in [0.25, 0.3) is 0 Å². The maximum atomic E-state index is 10.3. The number of rotatable bonds is 4. The van der Waals surface area contributed by atoms with Gasteiger partial charge in [-0.3, -0.25) is 0 Å². The highest BCUT2D eigenvalue weighted by atomic mass is 79.9. The number of halogens is 5. The molecule has 0 fully saturated rings. The van der Waals surface area contributed by atoms with Crippen molar-refractivity contribution in [3.8, 4) is 5.75 Å². The zero-order valence-corrected chi connectivity index (χ0v) is 19.6. The van der Waals surface area contributed by atoms with Crippen LogP contribution < -0.4 is 5.32 Å². The minimum atomic E-state index is -0.0220. The molecule has 0 atom stereocenters. The first-order valence-corrected chi connectivity index (χ1v) is 10.6. The highest BCUT2D eigenvalue weighted by Gasteiger charge is 2.08. The Morgan fingerprint density at radius 2 is 1.56 bits per heavy atom. The standard InChI is InChI=1S/C18H10Br3Cl2N3O/c19-9-5-12(20)18(13(21)6-9)26-25-15-4-2-11(8-17(15)27)24-16-7-10(22)1-3-14(16)23/h1-8,24,27H. The molecular formula is C18H10Br3Cl2N3O. The van der Waals surface area contributed by atoms with Gasteiger partial charge in [-0.1, -0.05) is 39.1 Å². The Labute approximate surface area is 191 Å². The zero-order valence-electron chi connectivity index (χ0n) is 13.4. The van der Waals surface area contributed by atoms with E-state index >= 15 is 0 Å². The van der Waals surface area contributed by atoms with Gasteiger partial charge in [0.2, 0.25) is 0 Å². The Morgan fingerprint density at radius 3 is 2.22 bits per heavy atom. The van der Waals surface area contributed by atoms with Crippen molar-refractivity contribution < 1.29 is 5.11 Å². The van der Waals surface area contributed by atoms with Crippen molar-refractivity contribution in [1.82, 2.24) is 0 Å². The number of hydrogen-bond acceptors (Lipinski definition) is 4. The summed E-state index contributed by atoms with van der Waals surface area (Å²) in [6.07, 6.45) is 0. The molecule has 0 radical (unpaired) electrons. The van der Waals surface area contributed by atoms with Crippen LogP contribution in [-0.4, -0.2) is 5.11 Å². The molecule has 3 rings (SSSR count). The second-order valence-electron chi connectivity index (χ2n) is 5.37. The van der Waals surface area contributed by atoms with Crippen LogP contribution in [0.1, 0.15) is 0 Å². The lowest BCUT2D eigenvalue weighted by Gasteiger charge is -2.10. The zero-order chi connectivity index (χ0) is 19.6. The third-order valence-corrected chi connectivity index (χ3v) is 5.65. The van der Waals surface area contributed by atoms with Crippen molar-refractivity contribution in [3.63, 3.8) is 0 Å². The molecule has 0 spiro atoms. The van der Waals surface area contributed by atoms with Gasteiger partial charge >= 0.3 is 0 Å². The van der Waals surface area contributed by atoms with Gasteiger partial charge in [0.25, 0.3) is 0 Å². The van der Waals surface area contributed by atoms with E-state index in [-0.39, 0.29) is 5.75 Å². The van der Waals surface area contributed by atoms with Crippen molar-refractivity contribution in [2.45, 2.75) is 0 Å². The summed E-state index contributed by atoms with van der Waals surface area (Å²) in [4.78, 5) is 0. The number of nitrogens with zero attached hydrogens (tertiary/aromatic N) is 2. The Bertz CT molecular complexity index is 1020. The summed E-state index contributed by atoms with van der Waals surface area (Å²) in [6, 6.07) is 13.8. The van der Waals surface area contributed by atoms with Crippen LogP contribution in [0.2, 0.25) is 10.0 Å². The van der Waals surface area contributed by atoms with Crippen LogP contribution in [0.5, 0.6) is 5.75 Å². The summed E-state index contributed by atoms with van der Waals surface area (Å²) in [5.74, 6) is -0.0220. The first kappa shape index (κ1) is 20.6. The minimum absolute atomic E-state index is 0.0220. The fourth-order valence-corrected chi connectivity index (χ4v) is 4.92. The van der Waals surface area contributed by atoms with Gasteiger partial charge < -0.3 is 10.4 Å². The summed E-state index contributed by atoms with van der Waals surface area (Å²) < 4.78 is 2.43. The molecule has 0 aromatic heterocycles. The van der Waals surface area contributed by atoms with Crippen LogP contribution in [-0.2, 0) is 0 Å². The van der Waals surface area contributed by atoms with Crippen LogP contribution in [0.15, 0.2) is 72.2 Å². The SMILES string of the molecule is Oc1cc(Nc2cc(Cl)ccc2Cl)ccc1N=Nc1c(Br)cc(Br)cc1Br. The highest BCUT2D eigenvalue weighted by molar-refractivity contribution is 9.11. The normalized spacial score (nSPS) is 11.1. The molecule has 27 heavy (non-hydrogen) atoms. The number of azo groups is 1. The fraction of sp³-hybridized carbons (Fsp3) is 0. The van der Waals surface area contributed by atoms with E-state index in [2.05, 4.69) is 63.3 Å². The minimum Gasteiger partial charge on any atom is -0.506 e. The molecule has 9 heteroatoms. The molecule has 0 heterocycles. The number of phenols is 1. The van der Waals surface area contributed by atoms with Crippen LogP contribution in [0.4, 0.5) is 22.7 Å². The third-order valence-electron chi connectivity index (χ3n) is 3.42. The van der Waals surface area contributed by atoms with Gasteiger partial charge in [-0.25, -0.2) is 0 Å². The van der Waals surface area contributed by atoms with Crippen LogP contribution >= 0.6 is 71.0 Å². The summed E-state index contributed by atoms with van der Waals surface area (Å²) in [5.41, 5.74) is 2.23. The maximum Gasteiger partial charge on any atom is 0.145 e. The molecule has 3 aromatic carbocycles. The topological polar surface area (TPSA) is 57.0 Å². The summed E-state index contributed by atoms with van der Waals surface area (Å²) in [7, 11) is 0. The van der Waals surface area contributed by atoms with Gasteiger partial charge in [-0.05, 0) is 74.3 Å². The van der Waals surface area contributed by atoms with Crippen molar-refractivity contribution in [2.24, 2.45) is 10.2 Å². The predicted octanol–water partition coefficient (Wildman–Crippen LogP) is 9.15. The van der Waals surface area contributed by atoms with Crippen molar-refractivity contribution in [1.29, 1.82) is 0 Å². The highest BCUT2D eigenvalue weighted by Crippen LogP contribution is 2.39. The average molecular weight is 595 g/mol. The van der Waals surface area contributed by atoms with Crippen LogP contribution in [0, 0.1) is 0 Å². The Balaban J connectivity index is 1.84. The lowest BCUT2D eigenvalue weighted by molar-refractivity contribution is 0.476. The largest absolute Gasteiger partial charge is 0.506 e. The van der Waals surface area contributed by atoms with E-state index in [4.69, 9.17) is 23.2 Å². The molecule has 0 aliphatic rings.